The average molecular weight is 494 g/mol. The van der Waals surface area contributed by atoms with E-state index in [2.05, 4.69) is 27.9 Å². The van der Waals surface area contributed by atoms with E-state index in [1.165, 1.54) is 0 Å². The second-order valence-electron chi connectivity index (χ2n) is 5.73. The monoisotopic (exact) mass is 493 g/mol. The van der Waals surface area contributed by atoms with Gasteiger partial charge in [-0.3, -0.25) is 4.79 Å². The highest BCUT2D eigenvalue weighted by atomic mass is 127. The van der Waals surface area contributed by atoms with Crippen molar-refractivity contribution in [2.75, 3.05) is 12.4 Å². The van der Waals surface area contributed by atoms with E-state index in [9.17, 15) is 4.79 Å². The van der Waals surface area contributed by atoms with Gasteiger partial charge in [-0.05, 0) is 58.5 Å². The molecule has 4 nitrogen and oxygen atoms in total. The van der Waals surface area contributed by atoms with Crippen molar-refractivity contribution < 1.29 is 14.3 Å². The fourth-order valence-electron chi connectivity index (χ4n) is 2.51. The normalized spacial score (nSPS) is 10.3. The van der Waals surface area contributed by atoms with Gasteiger partial charge in [0.05, 0.1) is 10.7 Å². The minimum Gasteiger partial charge on any atom is -0.492 e. The Bertz CT molecular complexity index is 947. The Morgan fingerprint density at radius 3 is 2.56 bits per heavy atom. The maximum atomic E-state index is 12.6. The summed E-state index contributed by atoms with van der Waals surface area (Å²) in [5.41, 5.74) is 2.14. The Balaban J connectivity index is 1.83. The molecule has 6 heteroatoms. The topological polar surface area (TPSA) is 47.6 Å². The molecule has 3 rings (SSSR count). The number of halogens is 2. The molecule has 0 bridgehead atoms. The third kappa shape index (κ3) is 5.14. The fraction of sp³-hybridized carbons (Fsp3) is 0.0952. The first-order valence-electron chi connectivity index (χ1n) is 8.18. The highest BCUT2D eigenvalue weighted by Crippen LogP contribution is 2.34. The van der Waals surface area contributed by atoms with E-state index in [-0.39, 0.29) is 5.91 Å². The van der Waals surface area contributed by atoms with Gasteiger partial charge >= 0.3 is 0 Å². The van der Waals surface area contributed by atoms with Gasteiger partial charge in [0.15, 0.2) is 11.5 Å². The Morgan fingerprint density at radius 2 is 1.85 bits per heavy atom. The van der Waals surface area contributed by atoms with Gasteiger partial charge in [-0.25, -0.2) is 0 Å². The molecule has 138 valence electrons. The molecule has 0 aliphatic rings. The smallest absolute Gasteiger partial charge is 0.255 e. The van der Waals surface area contributed by atoms with E-state index in [0.717, 1.165) is 9.13 Å². The maximum Gasteiger partial charge on any atom is 0.255 e. The van der Waals surface area contributed by atoms with Gasteiger partial charge in [-0.1, -0.05) is 48.0 Å². The zero-order valence-corrected chi connectivity index (χ0v) is 17.5. The Hall–Kier alpha value is -2.25. The Kier molecular flexibility index (Phi) is 6.58. The molecule has 1 N–H and O–H groups in total. The van der Waals surface area contributed by atoms with Crippen LogP contribution in [0.15, 0.2) is 66.7 Å². The van der Waals surface area contributed by atoms with Crippen LogP contribution in [-0.2, 0) is 6.61 Å². The standard InChI is InChI=1S/C21H17ClINO3/c1-26-20-18(23)10-15(21(25)24-17-9-5-8-16(22)12-17)11-19(20)27-13-14-6-3-2-4-7-14/h2-12H,13H2,1H3,(H,24,25). The summed E-state index contributed by atoms with van der Waals surface area (Å²) in [6, 6.07) is 20.3. The first kappa shape index (κ1) is 19.5. The zero-order valence-electron chi connectivity index (χ0n) is 14.5. The summed E-state index contributed by atoms with van der Waals surface area (Å²) in [5.74, 6) is 0.873. The van der Waals surface area contributed by atoms with Crippen LogP contribution in [0.3, 0.4) is 0 Å². The van der Waals surface area contributed by atoms with Crippen molar-refractivity contribution in [1.29, 1.82) is 0 Å². The number of ether oxygens (including phenoxy) is 2. The van der Waals surface area contributed by atoms with Crippen LogP contribution < -0.4 is 14.8 Å². The van der Waals surface area contributed by atoms with Gasteiger partial charge in [0.25, 0.3) is 5.91 Å². The van der Waals surface area contributed by atoms with E-state index >= 15 is 0 Å². The van der Waals surface area contributed by atoms with Crippen LogP contribution in [0.2, 0.25) is 5.02 Å². The summed E-state index contributed by atoms with van der Waals surface area (Å²) in [6.07, 6.45) is 0. The number of anilines is 1. The third-order valence-corrected chi connectivity index (χ3v) is 4.83. The van der Waals surface area contributed by atoms with Crippen LogP contribution in [0.4, 0.5) is 5.69 Å². The van der Waals surface area contributed by atoms with Crippen molar-refractivity contribution in [2.45, 2.75) is 6.61 Å². The van der Waals surface area contributed by atoms with E-state index in [0.29, 0.717) is 34.4 Å². The third-order valence-electron chi connectivity index (χ3n) is 3.80. The minimum absolute atomic E-state index is 0.248. The van der Waals surface area contributed by atoms with Crippen molar-refractivity contribution in [3.63, 3.8) is 0 Å². The number of methoxy groups -OCH3 is 1. The molecule has 3 aromatic rings. The molecule has 0 aliphatic carbocycles. The molecule has 0 saturated heterocycles. The molecule has 0 atom stereocenters. The molecular weight excluding hydrogens is 477 g/mol. The molecule has 0 aliphatic heterocycles. The Labute approximate surface area is 176 Å². The predicted molar refractivity (Wildman–Crippen MR) is 116 cm³/mol. The maximum absolute atomic E-state index is 12.6. The van der Waals surface area contributed by atoms with Gasteiger partial charge in [0.2, 0.25) is 0 Å². The molecular formula is C21H17ClINO3. The zero-order chi connectivity index (χ0) is 19.2. The quantitative estimate of drug-likeness (QED) is 0.443. The van der Waals surface area contributed by atoms with E-state index < -0.39 is 0 Å². The van der Waals surface area contributed by atoms with Gasteiger partial charge in [-0.2, -0.15) is 0 Å². The summed E-state index contributed by atoms with van der Waals surface area (Å²) >= 11 is 8.10. The highest BCUT2D eigenvalue weighted by molar-refractivity contribution is 14.1. The molecule has 0 unspecified atom stereocenters. The van der Waals surface area contributed by atoms with Crippen molar-refractivity contribution in [2.24, 2.45) is 0 Å². The van der Waals surface area contributed by atoms with Gasteiger partial charge < -0.3 is 14.8 Å². The number of hydrogen-bond donors (Lipinski definition) is 1. The molecule has 0 radical (unpaired) electrons. The van der Waals surface area contributed by atoms with Crippen molar-refractivity contribution >= 4 is 45.8 Å². The summed E-state index contributed by atoms with van der Waals surface area (Å²) < 4.78 is 12.2. The largest absolute Gasteiger partial charge is 0.492 e. The predicted octanol–water partition coefficient (Wildman–Crippen LogP) is 5.78. The van der Waals surface area contributed by atoms with Crippen LogP contribution in [0, 0.1) is 3.57 Å². The number of amides is 1. The number of hydrogen-bond acceptors (Lipinski definition) is 3. The second kappa shape index (κ2) is 9.10. The molecule has 3 aromatic carbocycles. The lowest BCUT2D eigenvalue weighted by atomic mass is 10.1. The van der Waals surface area contributed by atoms with Gasteiger partial charge in [-0.15, -0.1) is 0 Å². The van der Waals surface area contributed by atoms with Crippen LogP contribution in [0.25, 0.3) is 0 Å². The van der Waals surface area contributed by atoms with Crippen LogP contribution in [0.1, 0.15) is 15.9 Å². The molecule has 1 amide bonds. The molecule has 0 aromatic heterocycles. The summed E-state index contributed by atoms with van der Waals surface area (Å²) in [7, 11) is 1.58. The molecule has 27 heavy (non-hydrogen) atoms. The number of benzene rings is 3. The van der Waals surface area contributed by atoms with Gasteiger partial charge in [0.1, 0.15) is 6.61 Å². The molecule has 0 saturated carbocycles. The van der Waals surface area contributed by atoms with E-state index in [4.69, 9.17) is 21.1 Å². The van der Waals surface area contributed by atoms with Crippen molar-refractivity contribution in [3.05, 3.63) is 86.4 Å². The molecule has 0 fully saturated rings. The van der Waals surface area contributed by atoms with Crippen molar-refractivity contribution in [1.82, 2.24) is 0 Å². The van der Waals surface area contributed by atoms with E-state index in [1.807, 2.05) is 30.3 Å². The average Bonchev–Trinajstić information content (AvgIpc) is 2.66. The summed E-state index contributed by atoms with van der Waals surface area (Å²) in [4.78, 5) is 12.6. The molecule has 0 spiro atoms. The van der Waals surface area contributed by atoms with E-state index in [1.54, 1.807) is 43.5 Å². The fourth-order valence-corrected chi connectivity index (χ4v) is 3.52. The minimum atomic E-state index is -0.248. The first-order valence-corrected chi connectivity index (χ1v) is 9.63. The highest BCUT2D eigenvalue weighted by Gasteiger charge is 2.16. The SMILES string of the molecule is COc1c(I)cc(C(=O)Nc2cccc(Cl)c2)cc1OCc1ccccc1. The lowest BCUT2D eigenvalue weighted by Crippen LogP contribution is -2.13. The van der Waals surface area contributed by atoms with Crippen LogP contribution in [-0.4, -0.2) is 13.0 Å². The first-order chi connectivity index (χ1) is 13.1. The number of carbonyl (C=O) groups excluding carboxylic acids is 1. The lowest BCUT2D eigenvalue weighted by Gasteiger charge is -2.14. The Morgan fingerprint density at radius 1 is 1.07 bits per heavy atom. The van der Waals surface area contributed by atoms with Crippen molar-refractivity contribution in [3.8, 4) is 11.5 Å². The van der Waals surface area contributed by atoms with Crippen LogP contribution in [0.5, 0.6) is 11.5 Å². The van der Waals surface area contributed by atoms with Crippen LogP contribution >= 0.6 is 34.2 Å². The number of carbonyl (C=O) groups is 1. The molecule has 0 heterocycles. The number of nitrogens with one attached hydrogen (secondary N) is 1. The number of rotatable bonds is 6. The summed E-state index contributed by atoms with van der Waals surface area (Å²) in [5, 5.41) is 3.40. The lowest BCUT2D eigenvalue weighted by molar-refractivity contribution is 0.102. The second-order valence-corrected chi connectivity index (χ2v) is 7.33. The summed E-state index contributed by atoms with van der Waals surface area (Å²) in [6.45, 7) is 0.382. The van der Waals surface area contributed by atoms with Gasteiger partial charge in [0, 0.05) is 16.3 Å².